The third kappa shape index (κ3) is 3.70. The average Bonchev–Trinajstić information content (AvgIpc) is 2.86. The number of carbonyl (C=O) groups is 1. The van der Waals surface area contributed by atoms with E-state index < -0.39 is 0 Å². The van der Waals surface area contributed by atoms with E-state index in [1.165, 1.54) is 0 Å². The molecular formula is C15H19N5O2S. The first-order valence-electron chi connectivity index (χ1n) is 7.56. The SMILES string of the molecule is Cc1n[nH]c(=S)n1CCNC(=O)Nc1ccc2c(c1)CCCO2. The number of amides is 2. The Morgan fingerprint density at radius 2 is 2.39 bits per heavy atom. The summed E-state index contributed by atoms with van der Waals surface area (Å²) in [7, 11) is 0. The molecule has 0 aliphatic carbocycles. The van der Waals surface area contributed by atoms with Crippen LogP contribution in [0.25, 0.3) is 0 Å². The second-order valence-electron chi connectivity index (χ2n) is 5.38. The maximum atomic E-state index is 12.0. The summed E-state index contributed by atoms with van der Waals surface area (Å²) in [5.74, 6) is 1.71. The minimum Gasteiger partial charge on any atom is -0.493 e. The van der Waals surface area contributed by atoms with Crippen molar-refractivity contribution in [2.75, 3.05) is 18.5 Å². The van der Waals surface area contributed by atoms with Crippen molar-refractivity contribution in [2.24, 2.45) is 0 Å². The summed E-state index contributed by atoms with van der Waals surface area (Å²) in [6.45, 7) is 3.67. The van der Waals surface area contributed by atoms with Crippen molar-refractivity contribution in [1.82, 2.24) is 20.1 Å². The van der Waals surface area contributed by atoms with Crippen molar-refractivity contribution >= 4 is 23.9 Å². The maximum Gasteiger partial charge on any atom is 0.319 e. The number of fused-ring (bicyclic) bond motifs is 1. The van der Waals surface area contributed by atoms with E-state index in [1.54, 1.807) is 0 Å². The highest BCUT2D eigenvalue weighted by Gasteiger charge is 2.11. The molecule has 0 saturated carbocycles. The zero-order valence-corrected chi connectivity index (χ0v) is 13.7. The van der Waals surface area contributed by atoms with Gasteiger partial charge in [0.2, 0.25) is 0 Å². The van der Waals surface area contributed by atoms with Gasteiger partial charge >= 0.3 is 6.03 Å². The number of H-pyrrole nitrogens is 1. The molecule has 1 aliphatic rings. The number of nitrogens with one attached hydrogen (secondary N) is 3. The molecule has 8 heteroatoms. The van der Waals surface area contributed by atoms with Crippen molar-refractivity contribution in [3.63, 3.8) is 0 Å². The van der Waals surface area contributed by atoms with E-state index in [0.717, 1.165) is 42.3 Å². The predicted octanol–water partition coefficient (Wildman–Crippen LogP) is 2.40. The van der Waals surface area contributed by atoms with Crippen LogP contribution in [0.15, 0.2) is 18.2 Å². The summed E-state index contributed by atoms with van der Waals surface area (Å²) in [5, 5.41) is 12.4. The predicted molar refractivity (Wildman–Crippen MR) is 89.4 cm³/mol. The molecule has 23 heavy (non-hydrogen) atoms. The summed E-state index contributed by atoms with van der Waals surface area (Å²) in [6.07, 6.45) is 1.98. The average molecular weight is 333 g/mol. The lowest BCUT2D eigenvalue weighted by Gasteiger charge is -2.18. The first kappa shape index (κ1) is 15.5. The first-order valence-corrected chi connectivity index (χ1v) is 7.97. The highest BCUT2D eigenvalue weighted by atomic mass is 32.1. The summed E-state index contributed by atoms with van der Waals surface area (Å²) in [4.78, 5) is 12.0. The van der Waals surface area contributed by atoms with Crippen LogP contribution in [0.2, 0.25) is 0 Å². The van der Waals surface area contributed by atoms with Gasteiger partial charge in [0, 0.05) is 18.8 Å². The largest absolute Gasteiger partial charge is 0.493 e. The highest BCUT2D eigenvalue weighted by molar-refractivity contribution is 7.71. The topological polar surface area (TPSA) is 84.0 Å². The van der Waals surface area contributed by atoms with Crippen molar-refractivity contribution in [3.8, 4) is 5.75 Å². The summed E-state index contributed by atoms with van der Waals surface area (Å²) in [6, 6.07) is 5.47. The van der Waals surface area contributed by atoms with Crippen LogP contribution in [0.3, 0.4) is 0 Å². The fourth-order valence-electron chi connectivity index (χ4n) is 2.55. The number of ether oxygens (including phenoxy) is 1. The number of hydrogen-bond donors (Lipinski definition) is 3. The molecule has 7 nitrogen and oxygen atoms in total. The second-order valence-corrected chi connectivity index (χ2v) is 5.77. The standard InChI is InChI=1S/C15H19N5O2S/c1-10-18-19-15(23)20(10)7-6-16-14(21)17-12-4-5-13-11(9-12)3-2-8-22-13/h4-5,9H,2-3,6-8H2,1H3,(H,19,23)(H2,16,17,21). The van der Waals surface area contributed by atoms with Gasteiger partial charge in [-0.05, 0) is 55.7 Å². The number of anilines is 1. The van der Waals surface area contributed by atoms with Gasteiger partial charge in [-0.1, -0.05) is 0 Å². The molecule has 0 radical (unpaired) electrons. The molecule has 2 aromatic rings. The van der Waals surface area contributed by atoms with Crippen molar-refractivity contribution < 1.29 is 9.53 Å². The molecule has 0 atom stereocenters. The van der Waals surface area contributed by atoms with Gasteiger partial charge in [0.1, 0.15) is 11.6 Å². The number of aromatic nitrogens is 3. The molecule has 0 spiro atoms. The fraction of sp³-hybridized carbons (Fsp3) is 0.400. The molecular weight excluding hydrogens is 314 g/mol. The van der Waals surface area contributed by atoms with Crippen LogP contribution in [-0.4, -0.2) is 33.9 Å². The minimum atomic E-state index is -0.241. The highest BCUT2D eigenvalue weighted by Crippen LogP contribution is 2.27. The number of carbonyl (C=O) groups excluding carboxylic acids is 1. The van der Waals surface area contributed by atoms with Crippen LogP contribution in [-0.2, 0) is 13.0 Å². The molecule has 122 valence electrons. The Hall–Kier alpha value is -2.35. The van der Waals surface area contributed by atoms with Crippen LogP contribution >= 0.6 is 12.2 Å². The molecule has 0 unspecified atom stereocenters. The van der Waals surface area contributed by atoms with Gasteiger partial charge in [0.15, 0.2) is 4.77 Å². The van der Waals surface area contributed by atoms with E-state index in [4.69, 9.17) is 17.0 Å². The van der Waals surface area contributed by atoms with E-state index in [9.17, 15) is 4.79 Å². The molecule has 3 rings (SSSR count). The van der Waals surface area contributed by atoms with Crippen LogP contribution in [0.5, 0.6) is 5.75 Å². The van der Waals surface area contributed by atoms with E-state index in [-0.39, 0.29) is 6.03 Å². The quantitative estimate of drug-likeness (QED) is 0.750. The van der Waals surface area contributed by atoms with E-state index >= 15 is 0 Å². The number of aryl methyl sites for hydroxylation is 2. The van der Waals surface area contributed by atoms with Crippen molar-refractivity contribution in [3.05, 3.63) is 34.4 Å². The monoisotopic (exact) mass is 333 g/mol. The van der Waals surface area contributed by atoms with Gasteiger partial charge in [-0.2, -0.15) is 5.10 Å². The van der Waals surface area contributed by atoms with Crippen LogP contribution in [0.4, 0.5) is 10.5 Å². The summed E-state index contributed by atoms with van der Waals surface area (Å²) >= 11 is 5.12. The van der Waals surface area contributed by atoms with Crippen LogP contribution in [0.1, 0.15) is 17.8 Å². The summed E-state index contributed by atoms with van der Waals surface area (Å²) < 4.78 is 7.96. The minimum absolute atomic E-state index is 0.241. The van der Waals surface area contributed by atoms with Gasteiger partial charge in [-0.25, -0.2) is 4.79 Å². The lowest BCUT2D eigenvalue weighted by Crippen LogP contribution is -2.31. The molecule has 0 saturated heterocycles. The number of urea groups is 1. The second kappa shape index (κ2) is 6.82. The molecule has 1 aliphatic heterocycles. The van der Waals surface area contributed by atoms with Crippen LogP contribution < -0.4 is 15.4 Å². The number of hydrogen-bond acceptors (Lipinski definition) is 4. The summed E-state index contributed by atoms with van der Waals surface area (Å²) in [5.41, 5.74) is 1.90. The Bertz CT molecular complexity index is 767. The zero-order valence-electron chi connectivity index (χ0n) is 12.9. The molecule has 2 amide bonds. The Kier molecular flexibility index (Phi) is 4.61. The van der Waals surface area contributed by atoms with E-state index in [2.05, 4.69) is 20.8 Å². The Labute approximate surface area is 139 Å². The number of rotatable bonds is 4. The smallest absolute Gasteiger partial charge is 0.319 e. The molecule has 0 bridgehead atoms. The van der Waals surface area contributed by atoms with Gasteiger partial charge in [0.05, 0.1) is 6.61 Å². The number of nitrogens with zero attached hydrogens (tertiary/aromatic N) is 2. The van der Waals surface area contributed by atoms with Gasteiger partial charge in [-0.15, -0.1) is 0 Å². The molecule has 1 aromatic heterocycles. The van der Waals surface area contributed by atoms with E-state index in [0.29, 0.717) is 17.9 Å². The maximum absolute atomic E-state index is 12.0. The van der Waals surface area contributed by atoms with Gasteiger partial charge in [0.25, 0.3) is 0 Å². The Morgan fingerprint density at radius 1 is 1.52 bits per heavy atom. The normalized spacial score (nSPS) is 13.1. The fourth-order valence-corrected chi connectivity index (χ4v) is 2.82. The van der Waals surface area contributed by atoms with E-state index in [1.807, 2.05) is 29.7 Å². The first-order chi connectivity index (χ1) is 11.1. The van der Waals surface area contributed by atoms with Gasteiger partial charge in [-0.3, -0.25) is 5.10 Å². The lowest BCUT2D eigenvalue weighted by atomic mass is 10.1. The van der Waals surface area contributed by atoms with Crippen molar-refractivity contribution in [1.29, 1.82) is 0 Å². The Morgan fingerprint density at radius 3 is 3.17 bits per heavy atom. The third-order valence-corrected chi connectivity index (χ3v) is 4.05. The Balaban J connectivity index is 1.52. The lowest BCUT2D eigenvalue weighted by molar-refractivity contribution is 0.251. The third-order valence-electron chi connectivity index (χ3n) is 3.74. The molecule has 0 fully saturated rings. The zero-order chi connectivity index (χ0) is 16.2. The molecule has 1 aromatic carbocycles. The number of aromatic amines is 1. The van der Waals surface area contributed by atoms with Crippen LogP contribution in [0, 0.1) is 11.7 Å². The molecule has 2 heterocycles. The molecule has 3 N–H and O–H groups in total. The van der Waals surface area contributed by atoms with Gasteiger partial charge < -0.3 is 19.9 Å². The number of benzene rings is 1. The van der Waals surface area contributed by atoms with Crippen molar-refractivity contribution in [2.45, 2.75) is 26.3 Å².